The molecule has 0 heterocycles. The standard InChI is InChI=1S/C21H14/c1-2-7-16(8-3-1)13-14-17-10-6-12-20-19-11-5-4-9-18(19)15-21(17)20/h1-12H,15H2. The molecule has 0 amide bonds. The summed E-state index contributed by atoms with van der Waals surface area (Å²) >= 11 is 0. The van der Waals surface area contributed by atoms with Crippen LogP contribution in [0.15, 0.2) is 72.8 Å². The number of fused-ring (bicyclic) bond motifs is 3. The first-order chi connectivity index (χ1) is 10.4. The second-order valence-electron chi connectivity index (χ2n) is 5.28. The summed E-state index contributed by atoms with van der Waals surface area (Å²) in [6.07, 6.45) is 0.991. The molecule has 0 atom stereocenters. The van der Waals surface area contributed by atoms with Gasteiger partial charge in [-0.05, 0) is 46.9 Å². The van der Waals surface area contributed by atoms with E-state index < -0.39 is 0 Å². The van der Waals surface area contributed by atoms with Gasteiger partial charge in [0.25, 0.3) is 0 Å². The maximum absolute atomic E-state index is 3.35. The van der Waals surface area contributed by atoms with E-state index >= 15 is 0 Å². The molecule has 1 aliphatic carbocycles. The lowest BCUT2D eigenvalue weighted by molar-refractivity contribution is 1.25. The first-order valence-corrected chi connectivity index (χ1v) is 7.19. The third-order valence-corrected chi connectivity index (χ3v) is 3.97. The first kappa shape index (κ1) is 12.0. The molecular formula is C21H14. The van der Waals surface area contributed by atoms with Gasteiger partial charge in [0, 0.05) is 11.1 Å². The summed E-state index contributed by atoms with van der Waals surface area (Å²) in [7, 11) is 0. The highest BCUT2D eigenvalue weighted by molar-refractivity contribution is 5.79. The zero-order valence-electron chi connectivity index (χ0n) is 11.6. The SMILES string of the molecule is C(#Cc1cccc2c1Cc1ccccc1-2)c1ccccc1. The van der Waals surface area contributed by atoms with E-state index in [0.29, 0.717) is 0 Å². The monoisotopic (exact) mass is 266 g/mol. The molecule has 0 fully saturated rings. The second kappa shape index (κ2) is 4.96. The molecule has 4 rings (SSSR count). The highest BCUT2D eigenvalue weighted by Gasteiger charge is 2.19. The molecule has 21 heavy (non-hydrogen) atoms. The largest absolute Gasteiger partial charge is 0.0622 e. The van der Waals surface area contributed by atoms with Gasteiger partial charge in [0.05, 0.1) is 0 Å². The summed E-state index contributed by atoms with van der Waals surface area (Å²) < 4.78 is 0. The Kier molecular flexibility index (Phi) is 2.83. The van der Waals surface area contributed by atoms with Gasteiger partial charge < -0.3 is 0 Å². The first-order valence-electron chi connectivity index (χ1n) is 7.19. The van der Waals surface area contributed by atoms with Crippen LogP contribution in [0, 0.1) is 11.8 Å². The quantitative estimate of drug-likeness (QED) is 0.406. The van der Waals surface area contributed by atoms with Gasteiger partial charge in [-0.15, -0.1) is 0 Å². The van der Waals surface area contributed by atoms with Crippen molar-refractivity contribution < 1.29 is 0 Å². The fourth-order valence-electron chi connectivity index (χ4n) is 2.94. The number of rotatable bonds is 0. The smallest absolute Gasteiger partial charge is 0.0290 e. The summed E-state index contributed by atoms with van der Waals surface area (Å²) in [5, 5.41) is 0. The average molecular weight is 266 g/mol. The fraction of sp³-hybridized carbons (Fsp3) is 0.0476. The van der Waals surface area contributed by atoms with Crippen molar-refractivity contribution in [3.63, 3.8) is 0 Å². The predicted molar refractivity (Wildman–Crippen MR) is 87.1 cm³/mol. The van der Waals surface area contributed by atoms with Crippen LogP contribution in [-0.2, 0) is 6.42 Å². The van der Waals surface area contributed by atoms with Crippen LogP contribution in [0.4, 0.5) is 0 Å². The van der Waals surface area contributed by atoms with E-state index in [9.17, 15) is 0 Å². The Bertz CT molecular complexity index is 861. The van der Waals surface area contributed by atoms with Crippen molar-refractivity contribution in [2.24, 2.45) is 0 Å². The normalized spacial score (nSPS) is 11.2. The van der Waals surface area contributed by atoms with Gasteiger partial charge >= 0.3 is 0 Å². The van der Waals surface area contributed by atoms with Crippen LogP contribution >= 0.6 is 0 Å². The molecule has 0 radical (unpaired) electrons. The predicted octanol–water partition coefficient (Wildman–Crippen LogP) is 4.66. The third-order valence-electron chi connectivity index (χ3n) is 3.97. The molecular weight excluding hydrogens is 252 g/mol. The van der Waals surface area contributed by atoms with E-state index in [-0.39, 0.29) is 0 Å². The number of hydrogen-bond donors (Lipinski definition) is 0. The Hall–Kier alpha value is -2.78. The lowest BCUT2D eigenvalue weighted by Crippen LogP contribution is -1.87. The van der Waals surface area contributed by atoms with Crippen molar-refractivity contribution >= 4 is 0 Å². The number of hydrogen-bond acceptors (Lipinski definition) is 0. The fourth-order valence-corrected chi connectivity index (χ4v) is 2.94. The maximum Gasteiger partial charge on any atom is 0.0290 e. The molecule has 0 nitrogen and oxygen atoms in total. The van der Waals surface area contributed by atoms with Gasteiger partial charge in [-0.25, -0.2) is 0 Å². The van der Waals surface area contributed by atoms with Crippen LogP contribution in [0.5, 0.6) is 0 Å². The second-order valence-corrected chi connectivity index (χ2v) is 5.28. The Morgan fingerprint density at radius 1 is 0.619 bits per heavy atom. The van der Waals surface area contributed by atoms with Crippen molar-refractivity contribution in [3.8, 4) is 23.0 Å². The van der Waals surface area contributed by atoms with Crippen LogP contribution < -0.4 is 0 Å². The van der Waals surface area contributed by atoms with Gasteiger partial charge in [0.1, 0.15) is 0 Å². The molecule has 98 valence electrons. The molecule has 3 aromatic rings. The summed E-state index contributed by atoms with van der Waals surface area (Å²) in [6, 6.07) is 25.2. The van der Waals surface area contributed by atoms with E-state index in [1.54, 1.807) is 0 Å². The molecule has 0 aromatic heterocycles. The molecule has 0 heteroatoms. The summed E-state index contributed by atoms with van der Waals surface area (Å²) in [5.41, 5.74) is 7.67. The van der Waals surface area contributed by atoms with Crippen molar-refractivity contribution in [1.82, 2.24) is 0 Å². The lowest BCUT2D eigenvalue weighted by Gasteiger charge is -2.02. The molecule has 1 aliphatic rings. The topological polar surface area (TPSA) is 0 Å². The van der Waals surface area contributed by atoms with E-state index in [0.717, 1.165) is 17.5 Å². The molecule has 0 saturated carbocycles. The van der Waals surface area contributed by atoms with Crippen LogP contribution in [0.3, 0.4) is 0 Å². The summed E-state index contributed by atoms with van der Waals surface area (Å²) in [4.78, 5) is 0. The van der Waals surface area contributed by atoms with Crippen molar-refractivity contribution in [2.75, 3.05) is 0 Å². The van der Waals surface area contributed by atoms with Crippen LogP contribution in [0.2, 0.25) is 0 Å². The van der Waals surface area contributed by atoms with Crippen LogP contribution in [-0.4, -0.2) is 0 Å². The zero-order valence-corrected chi connectivity index (χ0v) is 11.6. The van der Waals surface area contributed by atoms with E-state index in [1.807, 2.05) is 30.3 Å². The van der Waals surface area contributed by atoms with Gasteiger partial charge in [0.15, 0.2) is 0 Å². The van der Waals surface area contributed by atoms with Crippen molar-refractivity contribution in [3.05, 3.63) is 95.1 Å². The minimum absolute atomic E-state index is 0.991. The maximum atomic E-state index is 3.35. The minimum Gasteiger partial charge on any atom is -0.0622 e. The molecule has 0 bridgehead atoms. The van der Waals surface area contributed by atoms with E-state index in [2.05, 4.69) is 54.3 Å². The minimum atomic E-state index is 0.991. The summed E-state index contributed by atoms with van der Waals surface area (Å²) in [5.74, 6) is 6.61. The molecule has 0 saturated heterocycles. The highest BCUT2D eigenvalue weighted by atomic mass is 14.2. The highest BCUT2D eigenvalue weighted by Crippen LogP contribution is 2.37. The summed E-state index contributed by atoms with van der Waals surface area (Å²) in [6.45, 7) is 0. The Morgan fingerprint density at radius 2 is 1.38 bits per heavy atom. The molecule has 0 spiro atoms. The average Bonchev–Trinajstić information content (AvgIpc) is 2.93. The van der Waals surface area contributed by atoms with Crippen LogP contribution in [0.1, 0.15) is 22.3 Å². The molecule has 0 unspecified atom stereocenters. The Labute approximate surface area is 125 Å². The molecule has 0 N–H and O–H groups in total. The van der Waals surface area contributed by atoms with Gasteiger partial charge in [-0.2, -0.15) is 0 Å². The van der Waals surface area contributed by atoms with Crippen LogP contribution in [0.25, 0.3) is 11.1 Å². The molecule has 0 aliphatic heterocycles. The van der Waals surface area contributed by atoms with Gasteiger partial charge in [0.2, 0.25) is 0 Å². The number of benzene rings is 3. The zero-order chi connectivity index (χ0) is 14.1. The van der Waals surface area contributed by atoms with E-state index in [1.165, 1.54) is 22.3 Å². The third kappa shape index (κ3) is 2.14. The molecule has 3 aromatic carbocycles. The van der Waals surface area contributed by atoms with Gasteiger partial charge in [-0.1, -0.05) is 66.4 Å². The Morgan fingerprint density at radius 3 is 2.29 bits per heavy atom. The lowest BCUT2D eigenvalue weighted by atomic mass is 10.0. The van der Waals surface area contributed by atoms with Crippen molar-refractivity contribution in [1.29, 1.82) is 0 Å². The van der Waals surface area contributed by atoms with Gasteiger partial charge in [-0.3, -0.25) is 0 Å². The van der Waals surface area contributed by atoms with E-state index in [4.69, 9.17) is 0 Å². The Balaban J connectivity index is 1.79. The van der Waals surface area contributed by atoms with Crippen molar-refractivity contribution in [2.45, 2.75) is 6.42 Å².